The minimum atomic E-state index is -1.66. The van der Waals surface area contributed by atoms with Gasteiger partial charge in [-0.25, -0.2) is 0 Å². The monoisotopic (exact) mass is 416 g/mol. The summed E-state index contributed by atoms with van der Waals surface area (Å²) < 4.78 is 11.1. The molecule has 2 aromatic carbocycles. The molecule has 1 fully saturated rings. The number of hydrogen-bond acceptors (Lipinski definition) is 9. The van der Waals surface area contributed by atoms with Crippen LogP contribution in [0.15, 0.2) is 45.6 Å². The fourth-order valence-electron chi connectivity index (χ4n) is 3.64. The first-order valence-electron chi connectivity index (χ1n) is 9.20. The van der Waals surface area contributed by atoms with Gasteiger partial charge in [0.25, 0.3) is 0 Å². The molecule has 0 spiro atoms. The van der Waals surface area contributed by atoms with Crippen LogP contribution in [0.25, 0.3) is 22.3 Å². The number of rotatable bonds is 2. The number of phenolic OH excluding ortho intramolecular Hbond substituents is 3. The number of ether oxygens (including phenoxy) is 1. The minimum Gasteiger partial charge on any atom is -0.508 e. The highest BCUT2D eigenvalue weighted by Crippen LogP contribution is 2.44. The van der Waals surface area contributed by atoms with Crippen LogP contribution in [-0.2, 0) is 4.74 Å². The molecule has 5 atom stereocenters. The van der Waals surface area contributed by atoms with Crippen molar-refractivity contribution in [2.24, 2.45) is 0 Å². The van der Waals surface area contributed by atoms with Crippen molar-refractivity contribution in [3.8, 4) is 28.6 Å². The van der Waals surface area contributed by atoms with Crippen molar-refractivity contribution in [3.05, 3.63) is 52.2 Å². The van der Waals surface area contributed by atoms with Gasteiger partial charge in [-0.1, -0.05) is 0 Å². The summed E-state index contributed by atoms with van der Waals surface area (Å²) in [5.41, 5.74) is -0.524. The summed E-state index contributed by atoms with van der Waals surface area (Å²) in [7, 11) is 0. The molecule has 0 bridgehead atoms. The van der Waals surface area contributed by atoms with E-state index < -0.39 is 47.4 Å². The molecule has 3 aromatic rings. The Kier molecular flexibility index (Phi) is 4.91. The summed E-state index contributed by atoms with van der Waals surface area (Å²) in [4.78, 5) is 12.7. The lowest BCUT2D eigenvalue weighted by molar-refractivity contribution is -0.220. The van der Waals surface area contributed by atoms with Crippen molar-refractivity contribution < 1.29 is 39.8 Å². The molecule has 0 radical (unpaired) electrons. The van der Waals surface area contributed by atoms with Crippen LogP contribution in [0.1, 0.15) is 18.6 Å². The molecule has 1 aliphatic heterocycles. The van der Waals surface area contributed by atoms with Gasteiger partial charge in [0.2, 0.25) is 0 Å². The Hall–Kier alpha value is -3.11. The summed E-state index contributed by atoms with van der Waals surface area (Å²) in [5.74, 6) is -0.990. The van der Waals surface area contributed by atoms with Crippen LogP contribution in [0.5, 0.6) is 17.2 Å². The Morgan fingerprint density at radius 3 is 2.23 bits per heavy atom. The lowest BCUT2D eigenvalue weighted by Crippen LogP contribution is -2.53. The maximum Gasteiger partial charge on any atom is 0.197 e. The molecular weight excluding hydrogens is 396 g/mol. The molecule has 2 heterocycles. The summed E-state index contributed by atoms with van der Waals surface area (Å²) in [5, 5.41) is 60.6. The van der Waals surface area contributed by atoms with Gasteiger partial charge in [0.05, 0.1) is 11.7 Å². The average Bonchev–Trinajstić information content (AvgIpc) is 2.70. The van der Waals surface area contributed by atoms with Gasteiger partial charge in [0, 0.05) is 17.7 Å². The Morgan fingerprint density at radius 1 is 0.900 bits per heavy atom. The standard InChI is InChI=1S/C21H20O9/c1-8-17(25)19(27)20(28)21(29-8)16-12(24)7-14-15(18(16)26)11(23)6-13(30-14)9-2-4-10(22)5-3-9/h2-8,17,19-22,24-28H,1H3/t8-,17+,19+,20-,21+/m1/s1. The lowest BCUT2D eigenvalue weighted by atomic mass is 9.90. The third-order valence-electron chi connectivity index (χ3n) is 5.30. The normalized spacial score (nSPS) is 26.7. The van der Waals surface area contributed by atoms with Crippen molar-refractivity contribution in [2.75, 3.05) is 0 Å². The maximum absolute atomic E-state index is 12.7. The lowest BCUT2D eigenvalue weighted by Gasteiger charge is -2.39. The summed E-state index contributed by atoms with van der Waals surface area (Å²) in [6.07, 6.45) is -6.90. The molecule has 158 valence electrons. The first-order chi connectivity index (χ1) is 14.2. The molecule has 0 aliphatic carbocycles. The molecule has 0 unspecified atom stereocenters. The van der Waals surface area contributed by atoms with E-state index in [2.05, 4.69) is 0 Å². The van der Waals surface area contributed by atoms with E-state index in [-0.39, 0.29) is 28.0 Å². The molecule has 9 nitrogen and oxygen atoms in total. The molecule has 0 saturated carbocycles. The van der Waals surface area contributed by atoms with E-state index >= 15 is 0 Å². The van der Waals surface area contributed by atoms with Crippen LogP contribution in [0.2, 0.25) is 0 Å². The summed E-state index contributed by atoms with van der Waals surface area (Å²) in [6, 6.07) is 8.16. The number of aliphatic hydroxyl groups excluding tert-OH is 3. The minimum absolute atomic E-state index is 0.0365. The van der Waals surface area contributed by atoms with Gasteiger partial charge in [0.15, 0.2) is 5.43 Å². The number of benzene rings is 2. The van der Waals surface area contributed by atoms with Gasteiger partial charge in [-0.05, 0) is 31.2 Å². The molecule has 1 aromatic heterocycles. The molecule has 1 saturated heterocycles. The first kappa shape index (κ1) is 20.2. The number of aliphatic hydroxyl groups is 3. The molecule has 1 aliphatic rings. The third-order valence-corrected chi connectivity index (χ3v) is 5.30. The van der Waals surface area contributed by atoms with Crippen molar-refractivity contribution in [2.45, 2.75) is 37.4 Å². The first-order valence-corrected chi connectivity index (χ1v) is 9.20. The van der Waals surface area contributed by atoms with Gasteiger partial charge in [0.1, 0.15) is 58.4 Å². The van der Waals surface area contributed by atoms with E-state index in [1.807, 2.05) is 0 Å². The van der Waals surface area contributed by atoms with Gasteiger partial charge in [-0.3, -0.25) is 4.79 Å². The van der Waals surface area contributed by atoms with Crippen LogP contribution in [-0.4, -0.2) is 55.1 Å². The predicted octanol–water partition coefficient (Wildman–Crippen LogP) is 1.12. The van der Waals surface area contributed by atoms with E-state index in [1.165, 1.54) is 31.2 Å². The Bertz CT molecular complexity index is 1150. The second-order valence-corrected chi connectivity index (χ2v) is 7.29. The highest BCUT2D eigenvalue weighted by Gasteiger charge is 2.44. The predicted molar refractivity (Wildman–Crippen MR) is 104 cm³/mol. The number of fused-ring (bicyclic) bond motifs is 1. The fraction of sp³-hybridized carbons (Fsp3) is 0.286. The van der Waals surface area contributed by atoms with E-state index in [1.54, 1.807) is 0 Å². The Labute approximate surface area is 169 Å². The van der Waals surface area contributed by atoms with Gasteiger partial charge in [-0.15, -0.1) is 0 Å². The third kappa shape index (κ3) is 3.17. The molecule has 6 N–H and O–H groups in total. The Morgan fingerprint density at radius 2 is 1.57 bits per heavy atom. The van der Waals surface area contributed by atoms with Crippen LogP contribution >= 0.6 is 0 Å². The summed E-state index contributed by atoms with van der Waals surface area (Å²) >= 11 is 0. The van der Waals surface area contributed by atoms with E-state index in [0.29, 0.717) is 5.56 Å². The topological polar surface area (TPSA) is 161 Å². The second-order valence-electron chi connectivity index (χ2n) is 7.29. The van der Waals surface area contributed by atoms with Crippen LogP contribution in [0.3, 0.4) is 0 Å². The highest BCUT2D eigenvalue weighted by atomic mass is 16.5. The largest absolute Gasteiger partial charge is 0.508 e. The van der Waals surface area contributed by atoms with E-state index in [9.17, 15) is 35.4 Å². The summed E-state index contributed by atoms with van der Waals surface area (Å²) in [6.45, 7) is 1.46. The molecule has 9 heteroatoms. The average molecular weight is 416 g/mol. The van der Waals surface area contributed by atoms with Crippen molar-refractivity contribution in [3.63, 3.8) is 0 Å². The SMILES string of the molecule is C[C@H]1O[C@@H](c2c(O)cc3oc(-c4ccc(O)cc4)cc(=O)c3c2O)[C@H](O)[C@@H](O)[C@H]1O. The quantitative estimate of drug-likeness (QED) is 0.360. The fourth-order valence-corrected chi connectivity index (χ4v) is 3.64. The van der Waals surface area contributed by atoms with E-state index in [4.69, 9.17) is 9.15 Å². The van der Waals surface area contributed by atoms with Crippen LogP contribution in [0.4, 0.5) is 0 Å². The van der Waals surface area contributed by atoms with Crippen molar-refractivity contribution >= 4 is 11.0 Å². The van der Waals surface area contributed by atoms with Gasteiger partial charge in [-0.2, -0.15) is 0 Å². The Balaban J connectivity index is 1.86. The van der Waals surface area contributed by atoms with Gasteiger partial charge < -0.3 is 39.8 Å². The smallest absolute Gasteiger partial charge is 0.197 e. The zero-order valence-electron chi connectivity index (χ0n) is 15.8. The number of hydrogen-bond donors (Lipinski definition) is 6. The van der Waals surface area contributed by atoms with Gasteiger partial charge >= 0.3 is 0 Å². The van der Waals surface area contributed by atoms with E-state index in [0.717, 1.165) is 12.1 Å². The molecular formula is C21H20O9. The molecule has 4 rings (SSSR count). The zero-order valence-corrected chi connectivity index (χ0v) is 15.8. The molecule has 0 amide bonds. The second kappa shape index (κ2) is 7.29. The highest BCUT2D eigenvalue weighted by molar-refractivity contribution is 5.88. The van der Waals surface area contributed by atoms with Crippen molar-refractivity contribution in [1.82, 2.24) is 0 Å². The number of phenols is 3. The maximum atomic E-state index is 12.7. The molecule has 30 heavy (non-hydrogen) atoms. The number of aromatic hydroxyl groups is 3. The van der Waals surface area contributed by atoms with Crippen LogP contribution < -0.4 is 5.43 Å². The zero-order chi connectivity index (χ0) is 21.7. The van der Waals surface area contributed by atoms with Crippen LogP contribution in [0, 0.1) is 0 Å². The van der Waals surface area contributed by atoms with Crippen molar-refractivity contribution in [1.29, 1.82) is 0 Å².